The molecule has 0 bridgehead atoms. The van der Waals surface area contributed by atoms with E-state index in [0.29, 0.717) is 0 Å². The lowest BCUT2D eigenvalue weighted by atomic mass is 10.2. The van der Waals surface area contributed by atoms with Crippen molar-refractivity contribution in [3.8, 4) is 0 Å². The van der Waals surface area contributed by atoms with Crippen molar-refractivity contribution in [1.29, 1.82) is 0 Å². The van der Waals surface area contributed by atoms with Crippen LogP contribution >= 0.6 is 23.1 Å². The Morgan fingerprint density at radius 2 is 2.46 bits per heavy atom. The van der Waals surface area contributed by atoms with Crippen LogP contribution in [-0.4, -0.2) is 10.9 Å². The van der Waals surface area contributed by atoms with Gasteiger partial charge in [-0.05, 0) is 23.8 Å². The van der Waals surface area contributed by atoms with E-state index in [1.165, 1.54) is 16.2 Å². The van der Waals surface area contributed by atoms with Crippen LogP contribution in [0.3, 0.4) is 0 Å². The summed E-state index contributed by atoms with van der Waals surface area (Å²) >= 11 is 3.70. The normalized spacial score (nSPS) is 17.9. The van der Waals surface area contributed by atoms with E-state index < -0.39 is 6.10 Å². The lowest BCUT2D eigenvalue weighted by Gasteiger charge is -2.08. The van der Waals surface area contributed by atoms with E-state index in [1.807, 2.05) is 11.8 Å². The molecule has 1 N–H and O–H groups in total. The van der Waals surface area contributed by atoms with Crippen molar-refractivity contribution in [2.24, 2.45) is 0 Å². The molecule has 0 radical (unpaired) electrons. The predicted molar refractivity (Wildman–Crippen MR) is 59.3 cm³/mol. The first kappa shape index (κ1) is 9.31. The van der Waals surface area contributed by atoms with E-state index in [-0.39, 0.29) is 0 Å². The molecule has 0 saturated heterocycles. The zero-order chi connectivity index (χ0) is 9.26. The summed E-state index contributed by atoms with van der Waals surface area (Å²) in [6.45, 7) is 3.59. The molecule has 1 aromatic rings. The first-order valence-electron chi connectivity index (χ1n) is 4.31. The van der Waals surface area contributed by atoms with Gasteiger partial charge in [-0.3, -0.25) is 0 Å². The summed E-state index contributed by atoms with van der Waals surface area (Å²) in [5.41, 5.74) is 1.41. The molecule has 0 saturated carbocycles. The Balaban J connectivity index is 2.29. The number of rotatable bonds is 2. The van der Waals surface area contributed by atoms with Gasteiger partial charge in [0.05, 0.1) is 0 Å². The highest BCUT2D eigenvalue weighted by Crippen LogP contribution is 2.34. The van der Waals surface area contributed by atoms with Crippen LogP contribution in [-0.2, 0) is 12.2 Å². The van der Waals surface area contributed by atoms with Gasteiger partial charge in [0.25, 0.3) is 0 Å². The summed E-state index contributed by atoms with van der Waals surface area (Å²) in [5.74, 6) is 2.33. The fourth-order valence-corrected chi connectivity index (χ4v) is 3.79. The van der Waals surface area contributed by atoms with Crippen LogP contribution in [0.15, 0.2) is 18.7 Å². The van der Waals surface area contributed by atoms with Crippen LogP contribution < -0.4 is 0 Å². The second kappa shape index (κ2) is 3.86. The number of aliphatic hydroxyl groups excluding tert-OH is 1. The zero-order valence-corrected chi connectivity index (χ0v) is 8.96. The smallest absolute Gasteiger partial charge is 0.106 e. The average Bonchev–Trinajstić information content (AvgIpc) is 2.59. The highest BCUT2D eigenvalue weighted by atomic mass is 32.2. The molecule has 1 unspecified atom stereocenters. The zero-order valence-electron chi connectivity index (χ0n) is 7.32. The molecule has 0 spiro atoms. The van der Waals surface area contributed by atoms with Crippen molar-refractivity contribution in [2.45, 2.75) is 18.3 Å². The van der Waals surface area contributed by atoms with Crippen LogP contribution in [0.1, 0.15) is 21.4 Å². The molecular formula is C10H12OS2. The van der Waals surface area contributed by atoms with Crippen molar-refractivity contribution in [3.05, 3.63) is 34.0 Å². The second-order valence-corrected chi connectivity index (χ2v) is 5.35. The van der Waals surface area contributed by atoms with Crippen LogP contribution in [0, 0.1) is 0 Å². The van der Waals surface area contributed by atoms with Gasteiger partial charge in [0.1, 0.15) is 6.10 Å². The monoisotopic (exact) mass is 212 g/mol. The molecule has 1 aliphatic heterocycles. The fourth-order valence-electron chi connectivity index (χ4n) is 1.43. The highest BCUT2D eigenvalue weighted by molar-refractivity contribution is 7.98. The van der Waals surface area contributed by atoms with Crippen molar-refractivity contribution >= 4 is 23.1 Å². The molecule has 13 heavy (non-hydrogen) atoms. The van der Waals surface area contributed by atoms with E-state index in [9.17, 15) is 5.11 Å². The topological polar surface area (TPSA) is 20.2 Å². The summed E-state index contributed by atoms with van der Waals surface area (Å²) in [4.78, 5) is 2.50. The number of hydrogen-bond acceptors (Lipinski definition) is 3. The van der Waals surface area contributed by atoms with Gasteiger partial charge in [-0.2, -0.15) is 11.8 Å². The molecule has 0 aromatic carbocycles. The van der Waals surface area contributed by atoms with Gasteiger partial charge >= 0.3 is 0 Å². The molecule has 0 amide bonds. The van der Waals surface area contributed by atoms with Crippen molar-refractivity contribution in [2.75, 3.05) is 5.75 Å². The molecule has 0 fully saturated rings. The van der Waals surface area contributed by atoms with Gasteiger partial charge in [-0.25, -0.2) is 0 Å². The van der Waals surface area contributed by atoms with Gasteiger partial charge in [0.15, 0.2) is 0 Å². The van der Waals surface area contributed by atoms with Gasteiger partial charge in [-0.1, -0.05) is 6.08 Å². The molecule has 2 heterocycles. The summed E-state index contributed by atoms with van der Waals surface area (Å²) in [6, 6.07) is 2.12. The lowest BCUT2D eigenvalue weighted by Crippen LogP contribution is -1.96. The third-order valence-electron chi connectivity index (χ3n) is 2.16. The Morgan fingerprint density at radius 1 is 1.62 bits per heavy atom. The van der Waals surface area contributed by atoms with Gasteiger partial charge < -0.3 is 5.11 Å². The maximum atomic E-state index is 9.56. The minimum atomic E-state index is -0.472. The van der Waals surface area contributed by atoms with Gasteiger partial charge in [0, 0.05) is 15.5 Å². The van der Waals surface area contributed by atoms with Crippen molar-refractivity contribution < 1.29 is 5.11 Å². The second-order valence-electron chi connectivity index (χ2n) is 3.08. The molecule has 0 aliphatic carbocycles. The predicted octanol–water partition coefficient (Wildman–Crippen LogP) is 2.76. The van der Waals surface area contributed by atoms with E-state index in [4.69, 9.17) is 0 Å². The SMILES string of the molecule is C=CC(O)c1cc2c(s1)CCSC2. The van der Waals surface area contributed by atoms with E-state index in [1.54, 1.807) is 17.4 Å². The summed E-state index contributed by atoms with van der Waals surface area (Å²) in [5, 5.41) is 9.56. The first-order valence-corrected chi connectivity index (χ1v) is 6.28. The lowest BCUT2D eigenvalue weighted by molar-refractivity contribution is 0.233. The number of aryl methyl sites for hydroxylation is 1. The van der Waals surface area contributed by atoms with E-state index >= 15 is 0 Å². The summed E-state index contributed by atoms with van der Waals surface area (Å²) in [7, 11) is 0. The Bertz CT molecular complexity index is 293. The molecule has 1 aromatic heterocycles. The van der Waals surface area contributed by atoms with Crippen LogP contribution in [0.25, 0.3) is 0 Å². The number of aliphatic hydroxyl groups is 1. The molecule has 2 rings (SSSR count). The highest BCUT2D eigenvalue weighted by Gasteiger charge is 2.15. The Morgan fingerprint density at radius 3 is 3.15 bits per heavy atom. The third-order valence-corrected chi connectivity index (χ3v) is 4.48. The van der Waals surface area contributed by atoms with Gasteiger partial charge in [-0.15, -0.1) is 17.9 Å². The fraction of sp³-hybridized carbons (Fsp3) is 0.400. The van der Waals surface area contributed by atoms with Gasteiger partial charge in [0.2, 0.25) is 0 Å². The standard InChI is InChI=1S/C10H12OS2/c1-2-8(11)10-5-7-6-12-4-3-9(7)13-10/h2,5,8,11H,1,3-4,6H2. The van der Waals surface area contributed by atoms with E-state index in [2.05, 4.69) is 12.6 Å². The number of thioether (sulfide) groups is 1. The number of fused-ring (bicyclic) bond motifs is 1. The van der Waals surface area contributed by atoms with Crippen LogP contribution in [0.4, 0.5) is 0 Å². The quantitative estimate of drug-likeness (QED) is 0.761. The molecular weight excluding hydrogens is 200 g/mol. The Kier molecular flexibility index (Phi) is 2.77. The average molecular weight is 212 g/mol. The molecule has 70 valence electrons. The van der Waals surface area contributed by atoms with E-state index in [0.717, 1.165) is 17.1 Å². The maximum Gasteiger partial charge on any atom is 0.106 e. The minimum absolute atomic E-state index is 0.472. The molecule has 1 atom stereocenters. The number of thiophene rings is 1. The maximum absolute atomic E-state index is 9.56. The molecule has 3 heteroatoms. The van der Waals surface area contributed by atoms with Crippen molar-refractivity contribution in [3.63, 3.8) is 0 Å². The third kappa shape index (κ3) is 1.82. The number of hydrogen-bond donors (Lipinski definition) is 1. The molecule has 1 nitrogen and oxygen atoms in total. The Labute approximate surface area is 86.5 Å². The molecule has 1 aliphatic rings. The minimum Gasteiger partial charge on any atom is -0.383 e. The van der Waals surface area contributed by atoms with Crippen LogP contribution in [0.2, 0.25) is 0 Å². The largest absolute Gasteiger partial charge is 0.383 e. The Hall–Kier alpha value is -0.250. The van der Waals surface area contributed by atoms with Crippen LogP contribution in [0.5, 0.6) is 0 Å². The summed E-state index contributed by atoms with van der Waals surface area (Å²) in [6.07, 6.45) is 2.28. The van der Waals surface area contributed by atoms with Crippen molar-refractivity contribution in [1.82, 2.24) is 0 Å². The summed E-state index contributed by atoms with van der Waals surface area (Å²) < 4.78 is 0. The first-order chi connectivity index (χ1) is 6.31.